The van der Waals surface area contributed by atoms with E-state index in [0.29, 0.717) is 21.3 Å². The van der Waals surface area contributed by atoms with Crippen LogP contribution in [0.5, 0.6) is 0 Å². The average molecular weight is 351 g/mol. The van der Waals surface area contributed by atoms with Gasteiger partial charge in [0.05, 0.1) is 4.91 Å². The summed E-state index contributed by atoms with van der Waals surface area (Å²) < 4.78 is 0.581. The van der Waals surface area contributed by atoms with Gasteiger partial charge in [0.25, 0.3) is 5.91 Å². The molecule has 0 bridgehead atoms. The summed E-state index contributed by atoms with van der Waals surface area (Å²) in [4.78, 5) is 27.2. The molecule has 1 amide bonds. The van der Waals surface area contributed by atoms with Gasteiger partial charge in [-0.3, -0.25) is 14.5 Å². The maximum absolute atomic E-state index is 12.6. The van der Waals surface area contributed by atoms with Gasteiger partial charge in [-0.25, -0.2) is 0 Å². The van der Waals surface area contributed by atoms with E-state index < -0.39 is 0 Å². The molecule has 0 atom stereocenters. The highest BCUT2D eigenvalue weighted by molar-refractivity contribution is 8.26. The minimum absolute atomic E-state index is 0.0388. The normalized spacial score (nSPS) is 17.6. The highest BCUT2D eigenvalue weighted by Gasteiger charge is 2.32. The Kier molecular flexibility index (Phi) is 3.62. The molecule has 24 heavy (non-hydrogen) atoms. The predicted octanol–water partition coefficient (Wildman–Crippen LogP) is 4.12. The van der Waals surface area contributed by atoms with E-state index in [0.717, 1.165) is 22.3 Å². The number of ketones is 1. The van der Waals surface area contributed by atoms with Crippen LogP contribution in [0.2, 0.25) is 0 Å². The number of fused-ring (bicyclic) bond motifs is 3. The minimum atomic E-state index is -0.0669. The van der Waals surface area contributed by atoms with E-state index in [1.165, 1.54) is 11.8 Å². The van der Waals surface area contributed by atoms with Gasteiger partial charge in [-0.05, 0) is 24.1 Å². The highest BCUT2D eigenvalue weighted by atomic mass is 32.2. The van der Waals surface area contributed by atoms with Crippen molar-refractivity contribution in [2.45, 2.75) is 6.92 Å². The lowest BCUT2D eigenvalue weighted by molar-refractivity contribution is -0.121. The van der Waals surface area contributed by atoms with Gasteiger partial charge >= 0.3 is 0 Å². The summed E-state index contributed by atoms with van der Waals surface area (Å²) in [6.07, 6.45) is 1.85. The van der Waals surface area contributed by atoms with Crippen molar-refractivity contribution in [2.24, 2.45) is 0 Å². The number of nitrogens with zero attached hydrogens (tertiary/aromatic N) is 1. The molecule has 3 nitrogen and oxygen atoms in total. The SMILES string of the molecule is CCN1C(=O)/C(=C/c2cccc3c2-c2ccccc2C3=O)SC1=S. The Labute approximate surface area is 149 Å². The fraction of sp³-hybridized carbons (Fsp3) is 0.105. The Hall–Kier alpha value is -2.24. The van der Waals surface area contributed by atoms with Gasteiger partial charge in [0.2, 0.25) is 0 Å². The molecule has 0 aromatic heterocycles. The predicted molar refractivity (Wildman–Crippen MR) is 101 cm³/mol. The van der Waals surface area contributed by atoms with E-state index in [4.69, 9.17) is 12.2 Å². The van der Waals surface area contributed by atoms with Crippen molar-refractivity contribution in [3.05, 3.63) is 64.1 Å². The van der Waals surface area contributed by atoms with Gasteiger partial charge < -0.3 is 0 Å². The first kappa shape index (κ1) is 15.3. The number of thiocarbonyl (C=S) groups is 1. The van der Waals surface area contributed by atoms with Crippen LogP contribution in [-0.2, 0) is 4.79 Å². The van der Waals surface area contributed by atoms with Gasteiger partial charge in [0, 0.05) is 23.2 Å². The summed E-state index contributed by atoms with van der Waals surface area (Å²) in [6, 6.07) is 13.2. The van der Waals surface area contributed by atoms with E-state index in [9.17, 15) is 9.59 Å². The van der Waals surface area contributed by atoms with Crippen LogP contribution in [0.1, 0.15) is 28.4 Å². The lowest BCUT2D eigenvalue weighted by atomic mass is 9.99. The summed E-state index contributed by atoms with van der Waals surface area (Å²) in [5, 5.41) is 0. The first-order chi connectivity index (χ1) is 11.6. The highest BCUT2D eigenvalue weighted by Crippen LogP contribution is 2.41. The smallest absolute Gasteiger partial charge is 0.266 e. The molecule has 0 saturated carbocycles. The summed E-state index contributed by atoms with van der Waals surface area (Å²) in [5.74, 6) is -0.0281. The molecule has 1 heterocycles. The monoisotopic (exact) mass is 351 g/mol. The molecule has 5 heteroatoms. The van der Waals surface area contributed by atoms with E-state index >= 15 is 0 Å². The van der Waals surface area contributed by atoms with Crippen LogP contribution in [0.4, 0.5) is 0 Å². The summed E-state index contributed by atoms with van der Waals surface area (Å²) in [5.41, 5.74) is 4.11. The maximum atomic E-state index is 12.6. The van der Waals surface area contributed by atoms with Crippen molar-refractivity contribution >= 4 is 46.1 Å². The lowest BCUT2D eigenvalue weighted by Crippen LogP contribution is -2.27. The molecule has 1 fully saturated rings. The topological polar surface area (TPSA) is 37.4 Å². The number of benzene rings is 2. The average Bonchev–Trinajstić information content (AvgIpc) is 3.03. The number of carbonyl (C=O) groups excluding carboxylic acids is 2. The fourth-order valence-corrected chi connectivity index (χ4v) is 4.51. The van der Waals surface area contributed by atoms with Crippen molar-refractivity contribution in [1.29, 1.82) is 0 Å². The second-order valence-electron chi connectivity index (χ2n) is 5.57. The molecule has 2 aromatic carbocycles. The number of thioether (sulfide) groups is 1. The first-order valence-corrected chi connectivity index (χ1v) is 8.86. The van der Waals surface area contributed by atoms with Gasteiger partial charge in [0.1, 0.15) is 4.32 Å². The number of hydrogen-bond donors (Lipinski definition) is 0. The molecular formula is C19H13NO2S2. The number of likely N-dealkylation sites (N-methyl/N-ethyl adjacent to an activating group) is 1. The van der Waals surface area contributed by atoms with E-state index in [-0.39, 0.29) is 11.7 Å². The quantitative estimate of drug-likeness (QED) is 0.514. The minimum Gasteiger partial charge on any atom is -0.293 e. The molecule has 2 aliphatic rings. The third-order valence-corrected chi connectivity index (χ3v) is 5.64. The molecule has 1 aliphatic carbocycles. The van der Waals surface area contributed by atoms with Crippen LogP contribution in [0.15, 0.2) is 47.4 Å². The third kappa shape index (κ3) is 2.16. The Morgan fingerprint density at radius 2 is 1.75 bits per heavy atom. The van der Waals surface area contributed by atoms with Gasteiger partial charge in [-0.15, -0.1) is 0 Å². The van der Waals surface area contributed by atoms with Crippen LogP contribution in [0, 0.1) is 0 Å². The van der Waals surface area contributed by atoms with Crippen LogP contribution >= 0.6 is 24.0 Å². The zero-order valence-electron chi connectivity index (χ0n) is 12.9. The second-order valence-corrected chi connectivity index (χ2v) is 7.25. The number of rotatable bonds is 2. The first-order valence-electron chi connectivity index (χ1n) is 7.64. The van der Waals surface area contributed by atoms with Crippen molar-refractivity contribution in [2.75, 3.05) is 6.54 Å². The Morgan fingerprint density at radius 3 is 2.46 bits per heavy atom. The molecule has 1 aliphatic heterocycles. The summed E-state index contributed by atoms with van der Waals surface area (Å²) in [6.45, 7) is 2.47. The molecule has 2 aromatic rings. The van der Waals surface area contributed by atoms with Crippen molar-refractivity contribution in [3.8, 4) is 11.1 Å². The van der Waals surface area contributed by atoms with Crippen LogP contribution < -0.4 is 0 Å². The van der Waals surface area contributed by atoms with Gasteiger partial charge in [0.15, 0.2) is 5.78 Å². The van der Waals surface area contributed by atoms with Gasteiger partial charge in [-0.2, -0.15) is 0 Å². The molecule has 0 spiro atoms. The molecule has 0 radical (unpaired) electrons. The van der Waals surface area contributed by atoms with Gasteiger partial charge in [-0.1, -0.05) is 66.4 Å². The number of hydrogen-bond acceptors (Lipinski definition) is 4. The molecule has 118 valence electrons. The number of carbonyl (C=O) groups is 2. The Balaban J connectivity index is 1.87. The molecule has 1 saturated heterocycles. The largest absolute Gasteiger partial charge is 0.293 e. The van der Waals surface area contributed by atoms with Crippen LogP contribution in [-0.4, -0.2) is 27.5 Å². The number of amides is 1. The van der Waals surface area contributed by atoms with E-state index in [2.05, 4.69) is 0 Å². The lowest BCUT2D eigenvalue weighted by Gasteiger charge is -2.09. The Morgan fingerprint density at radius 1 is 1.04 bits per heavy atom. The zero-order chi connectivity index (χ0) is 16.8. The fourth-order valence-electron chi connectivity index (χ4n) is 3.14. The third-order valence-electron chi connectivity index (χ3n) is 4.26. The molecule has 0 unspecified atom stereocenters. The van der Waals surface area contributed by atoms with Crippen molar-refractivity contribution < 1.29 is 9.59 Å². The van der Waals surface area contributed by atoms with E-state index in [1.54, 1.807) is 4.90 Å². The molecule has 4 rings (SSSR count). The summed E-state index contributed by atoms with van der Waals surface area (Å²) >= 11 is 6.58. The van der Waals surface area contributed by atoms with Crippen LogP contribution in [0.25, 0.3) is 17.2 Å². The van der Waals surface area contributed by atoms with Crippen molar-refractivity contribution in [1.82, 2.24) is 4.90 Å². The zero-order valence-corrected chi connectivity index (χ0v) is 14.5. The molecule has 0 N–H and O–H groups in total. The second kappa shape index (κ2) is 5.69. The summed E-state index contributed by atoms with van der Waals surface area (Å²) in [7, 11) is 0. The Bertz CT molecular complexity index is 946. The van der Waals surface area contributed by atoms with Crippen LogP contribution in [0.3, 0.4) is 0 Å². The molecular weight excluding hydrogens is 338 g/mol. The van der Waals surface area contributed by atoms with E-state index in [1.807, 2.05) is 55.5 Å². The van der Waals surface area contributed by atoms with Crippen molar-refractivity contribution in [3.63, 3.8) is 0 Å². The maximum Gasteiger partial charge on any atom is 0.266 e. The standard InChI is InChI=1S/C19H13NO2S2/c1-2-20-18(22)15(24-19(20)23)10-11-6-5-9-14-16(11)12-7-3-4-8-13(12)17(14)21/h3-10H,2H2,1H3/b15-10-.